The molecular weight excluding hydrogens is 240 g/mol. The molecule has 1 aliphatic rings. The van der Waals surface area contributed by atoms with Gasteiger partial charge in [0, 0.05) is 6.04 Å². The average molecular weight is 255 g/mol. The van der Waals surface area contributed by atoms with Crippen molar-refractivity contribution < 1.29 is 0 Å². The number of hydrogen-bond donors (Lipinski definition) is 1. The van der Waals surface area contributed by atoms with Crippen LogP contribution < -0.4 is 5.32 Å². The molecule has 0 atom stereocenters. The van der Waals surface area contributed by atoms with Crippen molar-refractivity contribution in [3.63, 3.8) is 0 Å². The molecule has 14 heavy (non-hydrogen) atoms. The topological polar surface area (TPSA) is 24.9 Å². The van der Waals surface area contributed by atoms with Gasteiger partial charge in [-0.25, -0.2) is 4.98 Å². The van der Waals surface area contributed by atoms with E-state index in [0.29, 0.717) is 11.5 Å². The van der Waals surface area contributed by atoms with Gasteiger partial charge in [0.05, 0.1) is 11.9 Å². The Kier molecular flexibility index (Phi) is 2.52. The Labute approximate surface area is 93.3 Å². The molecule has 0 saturated heterocycles. The third-order valence-electron chi connectivity index (χ3n) is 2.70. The minimum absolute atomic E-state index is 0.528. The van der Waals surface area contributed by atoms with Crippen molar-refractivity contribution in [1.29, 1.82) is 0 Å². The first-order valence-corrected chi connectivity index (χ1v) is 5.73. The summed E-state index contributed by atoms with van der Waals surface area (Å²) in [5.41, 5.74) is 1.65. The first kappa shape index (κ1) is 9.97. The summed E-state index contributed by atoms with van der Waals surface area (Å²) < 4.78 is 0.886. The maximum absolute atomic E-state index is 4.18. The fourth-order valence-electron chi connectivity index (χ4n) is 2.07. The molecule has 0 aliphatic heterocycles. The van der Waals surface area contributed by atoms with Crippen LogP contribution in [0, 0.1) is 5.41 Å². The van der Waals surface area contributed by atoms with E-state index in [1.807, 2.05) is 12.3 Å². The quantitative estimate of drug-likeness (QED) is 0.819. The van der Waals surface area contributed by atoms with Gasteiger partial charge in [-0.05, 0) is 46.3 Å². The third kappa shape index (κ3) is 2.27. The second-order valence-electron chi connectivity index (χ2n) is 4.78. The van der Waals surface area contributed by atoms with E-state index in [0.717, 1.165) is 10.3 Å². The van der Waals surface area contributed by atoms with Gasteiger partial charge < -0.3 is 5.32 Å². The predicted octanol–water partition coefficient (Wildman–Crippen LogP) is 3.44. The van der Waals surface area contributed by atoms with Gasteiger partial charge in [0.25, 0.3) is 0 Å². The van der Waals surface area contributed by atoms with Gasteiger partial charge in [-0.3, -0.25) is 0 Å². The molecule has 0 radical (unpaired) electrons. The highest BCUT2D eigenvalue weighted by atomic mass is 79.9. The van der Waals surface area contributed by atoms with Crippen molar-refractivity contribution in [3.05, 3.63) is 22.9 Å². The van der Waals surface area contributed by atoms with Crippen LogP contribution in [-0.2, 0) is 0 Å². The van der Waals surface area contributed by atoms with E-state index in [1.54, 1.807) is 0 Å². The second-order valence-corrected chi connectivity index (χ2v) is 5.60. The number of nitrogens with one attached hydrogen (secondary N) is 1. The summed E-state index contributed by atoms with van der Waals surface area (Å²) >= 11 is 3.32. The van der Waals surface area contributed by atoms with E-state index >= 15 is 0 Å². The van der Waals surface area contributed by atoms with Gasteiger partial charge in [0.2, 0.25) is 0 Å². The molecule has 1 heterocycles. The number of nitrogens with zero attached hydrogens (tertiary/aromatic N) is 1. The summed E-state index contributed by atoms with van der Waals surface area (Å²) in [4.78, 5) is 4.18. The Morgan fingerprint density at radius 2 is 2.14 bits per heavy atom. The van der Waals surface area contributed by atoms with Crippen molar-refractivity contribution in [2.24, 2.45) is 5.41 Å². The first-order chi connectivity index (χ1) is 6.55. The summed E-state index contributed by atoms with van der Waals surface area (Å²) in [6.07, 6.45) is 4.38. The zero-order valence-electron chi connectivity index (χ0n) is 8.55. The van der Waals surface area contributed by atoms with E-state index in [-0.39, 0.29) is 0 Å². The van der Waals surface area contributed by atoms with E-state index in [1.165, 1.54) is 12.8 Å². The van der Waals surface area contributed by atoms with Crippen LogP contribution in [0.5, 0.6) is 0 Å². The lowest BCUT2D eigenvalue weighted by Gasteiger charge is -2.43. The molecule has 0 amide bonds. The SMILES string of the molecule is CC1(C)CC(Nc2ccc(Br)nc2)C1. The minimum Gasteiger partial charge on any atom is -0.381 e. The van der Waals surface area contributed by atoms with Crippen LogP contribution in [0.25, 0.3) is 0 Å². The van der Waals surface area contributed by atoms with Crippen molar-refractivity contribution in [2.45, 2.75) is 32.7 Å². The molecular formula is C11H15BrN2. The van der Waals surface area contributed by atoms with Crippen molar-refractivity contribution >= 4 is 21.6 Å². The lowest BCUT2D eigenvalue weighted by Crippen LogP contribution is -2.41. The Balaban J connectivity index is 1.90. The number of halogens is 1. The molecule has 1 aromatic rings. The van der Waals surface area contributed by atoms with E-state index in [2.05, 4.69) is 46.1 Å². The molecule has 2 nitrogen and oxygen atoms in total. The number of hydrogen-bond acceptors (Lipinski definition) is 2. The van der Waals surface area contributed by atoms with E-state index in [9.17, 15) is 0 Å². The maximum Gasteiger partial charge on any atom is 0.106 e. The molecule has 0 spiro atoms. The highest BCUT2D eigenvalue weighted by molar-refractivity contribution is 9.10. The Morgan fingerprint density at radius 3 is 2.64 bits per heavy atom. The molecule has 3 heteroatoms. The van der Waals surface area contributed by atoms with Gasteiger partial charge in [0.1, 0.15) is 4.60 Å². The van der Waals surface area contributed by atoms with Crippen LogP contribution in [0.1, 0.15) is 26.7 Å². The summed E-state index contributed by atoms with van der Waals surface area (Å²) in [5, 5.41) is 3.48. The number of aromatic nitrogens is 1. The van der Waals surface area contributed by atoms with Gasteiger partial charge in [0.15, 0.2) is 0 Å². The molecule has 1 aliphatic carbocycles. The summed E-state index contributed by atoms with van der Waals surface area (Å²) in [6.45, 7) is 4.62. The van der Waals surface area contributed by atoms with Crippen LogP contribution in [0.2, 0.25) is 0 Å². The summed E-state index contributed by atoms with van der Waals surface area (Å²) in [7, 11) is 0. The van der Waals surface area contributed by atoms with Gasteiger partial charge in [-0.15, -0.1) is 0 Å². The molecule has 2 rings (SSSR count). The van der Waals surface area contributed by atoms with Crippen molar-refractivity contribution in [3.8, 4) is 0 Å². The normalized spacial score (nSPS) is 20.2. The largest absolute Gasteiger partial charge is 0.381 e. The summed E-state index contributed by atoms with van der Waals surface area (Å²) in [5.74, 6) is 0. The third-order valence-corrected chi connectivity index (χ3v) is 3.17. The monoisotopic (exact) mass is 254 g/mol. The molecule has 76 valence electrons. The van der Waals surface area contributed by atoms with Crippen molar-refractivity contribution in [2.75, 3.05) is 5.32 Å². The maximum atomic E-state index is 4.18. The Morgan fingerprint density at radius 1 is 1.43 bits per heavy atom. The van der Waals surface area contributed by atoms with Crippen LogP contribution >= 0.6 is 15.9 Å². The van der Waals surface area contributed by atoms with Crippen molar-refractivity contribution in [1.82, 2.24) is 4.98 Å². The lowest BCUT2D eigenvalue weighted by molar-refractivity contribution is 0.167. The molecule has 1 aromatic heterocycles. The minimum atomic E-state index is 0.528. The number of pyridine rings is 1. The molecule has 1 fully saturated rings. The van der Waals surface area contributed by atoms with Crippen LogP contribution in [0.4, 0.5) is 5.69 Å². The fourth-order valence-corrected chi connectivity index (χ4v) is 2.31. The van der Waals surface area contributed by atoms with Gasteiger partial charge in [-0.1, -0.05) is 13.8 Å². The molecule has 1 N–H and O–H groups in total. The van der Waals surface area contributed by atoms with Gasteiger partial charge in [-0.2, -0.15) is 0 Å². The fraction of sp³-hybridized carbons (Fsp3) is 0.545. The zero-order valence-corrected chi connectivity index (χ0v) is 10.1. The van der Waals surface area contributed by atoms with E-state index < -0.39 is 0 Å². The van der Waals surface area contributed by atoms with Crippen LogP contribution in [-0.4, -0.2) is 11.0 Å². The summed E-state index contributed by atoms with van der Waals surface area (Å²) in [6, 6.07) is 4.65. The van der Waals surface area contributed by atoms with E-state index in [4.69, 9.17) is 0 Å². The zero-order chi connectivity index (χ0) is 10.2. The number of rotatable bonds is 2. The standard InChI is InChI=1S/C11H15BrN2/c1-11(2)5-9(6-11)14-8-3-4-10(12)13-7-8/h3-4,7,9,14H,5-6H2,1-2H3. The lowest BCUT2D eigenvalue weighted by atomic mass is 9.68. The van der Waals surface area contributed by atoms with Crippen LogP contribution in [0.3, 0.4) is 0 Å². The van der Waals surface area contributed by atoms with Gasteiger partial charge >= 0.3 is 0 Å². The predicted molar refractivity (Wildman–Crippen MR) is 62.4 cm³/mol. The Hall–Kier alpha value is -0.570. The number of anilines is 1. The molecule has 0 bridgehead atoms. The molecule has 0 aromatic carbocycles. The first-order valence-electron chi connectivity index (χ1n) is 4.93. The van der Waals surface area contributed by atoms with Crippen LogP contribution in [0.15, 0.2) is 22.9 Å². The highest BCUT2D eigenvalue weighted by Crippen LogP contribution is 2.41. The molecule has 1 saturated carbocycles. The second kappa shape index (κ2) is 3.54. The average Bonchev–Trinajstić information content (AvgIpc) is 2.06. The smallest absolute Gasteiger partial charge is 0.106 e. The highest BCUT2D eigenvalue weighted by Gasteiger charge is 2.35. The molecule has 0 unspecified atom stereocenters. The Bertz CT molecular complexity index is 311.